The average molecular weight is 292 g/mol. The van der Waals surface area contributed by atoms with Gasteiger partial charge in [-0.15, -0.1) is 0 Å². The monoisotopic (exact) mass is 292 g/mol. The van der Waals surface area contributed by atoms with Gasteiger partial charge in [0, 0.05) is 0 Å². The highest BCUT2D eigenvalue weighted by atomic mass is 16.5. The molecule has 0 fully saturated rings. The first-order chi connectivity index (χ1) is 10.8. The number of benzene rings is 3. The number of para-hydroxylation sites is 1. The van der Waals surface area contributed by atoms with Crippen LogP contribution in [0.25, 0.3) is 10.8 Å². The molecule has 0 aliphatic heterocycles. The van der Waals surface area contributed by atoms with E-state index in [2.05, 4.69) is 24.3 Å². The van der Waals surface area contributed by atoms with Crippen molar-refractivity contribution in [1.29, 1.82) is 0 Å². The Balaban J connectivity index is 1.80. The van der Waals surface area contributed by atoms with Crippen LogP contribution in [0.5, 0.6) is 5.75 Å². The quantitative estimate of drug-likeness (QED) is 0.749. The molecule has 0 saturated heterocycles. The van der Waals surface area contributed by atoms with Gasteiger partial charge in [0.05, 0.1) is 13.2 Å². The third kappa shape index (κ3) is 2.97. The van der Waals surface area contributed by atoms with E-state index in [4.69, 9.17) is 4.74 Å². The fraction of sp³-hybridized carbons (Fsp3) is 0.200. The second kappa shape index (κ2) is 6.63. The zero-order valence-corrected chi connectivity index (χ0v) is 12.7. The van der Waals surface area contributed by atoms with Crippen molar-refractivity contribution in [2.75, 3.05) is 7.11 Å². The molecule has 3 rings (SSSR count). The highest BCUT2D eigenvalue weighted by molar-refractivity contribution is 5.85. The summed E-state index contributed by atoms with van der Waals surface area (Å²) < 4.78 is 5.37. The van der Waals surface area contributed by atoms with Crippen molar-refractivity contribution in [2.45, 2.75) is 18.9 Å². The smallest absolute Gasteiger partial charge is 0.122 e. The highest BCUT2D eigenvalue weighted by Gasteiger charge is 2.12. The van der Waals surface area contributed by atoms with Crippen LogP contribution in [0.1, 0.15) is 23.7 Å². The lowest BCUT2D eigenvalue weighted by Gasteiger charge is -2.15. The predicted molar refractivity (Wildman–Crippen MR) is 90.2 cm³/mol. The lowest BCUT2D eigenvalue weighted by molar-refractivity contribution is 0.169. The van der Waals surface area contributed by atoms with Crippen LogP contribution < -0.4 is 4.74 Å². The van der Waals surface area contributed by atoms with Gasteiger partial charge in [-0.3, -0.25) is 0 Å². The second-order valence-electron chi connectivity index (χ2n) is 5.43. The van der Waals surface area contributed by atoms with Crippen LogP contribution in [0, 0.1) is 0 Å². The van der Waals surface area contributed by atoms with Crippen molar-refractivity contribution < 1.29 is 9.84 Å². The Bertz CT molecular complexity index is 759. The zero-order valence-electron chi connectivity index (χ0n) is 12.7. The molecular formula is C20H20O2. The molecule has 1 atom stereocenters. The maximum Gasteiger partial charge on any atom is 0.122 e. The first-order valence-corrected chi connectivity index (χ1v) is 7.57. The van der Waals surface area contributed by atoms with Gasteiger partial charge >= 0.3 is 0 Å². The number of ether oxygens (including phenoxy) is 1. The second-order valence-corrected chi connectivity index (χ2v) is 5.43. The molecule has 0 aliphatic carbocycles. The van der Waals surface area contributed by atoms with Crippen LogP contribution >= 0.6 is 0 Å². The van der Waals surface area contributed by atoms with E-state index in [0.717, 1.165) is 34.1 Å². The molecule has 0 spiro atoms. The minimum Gasteiger partial charge on any atom is -0.496 e. The fourth-order valence-electron chi connectivity index (χ4n) is 2.90. The minimum absolute atomic E-state index is 0.476. The first kappa shape index (κ1) is 14.6. The van der Waals surface area contributed by atoms with Crippen molar-refractivity contribution in [1.82, 2.24) is 0 Å². The number of hydrogen-bond acceptors (Lipinski definition) is 2. The zero-order chi connectivity index (χ0) is 15.4. The van der Waals surface area contributed by atoms with Crippen LogP contribution in [-0.4, -0.2) is 12.2 Å². The molecule has 3 aromatic rings. The molecule has 112 valence electrons. The van der Waals surface area contributed by atoms with E-state index in [1.807, 2.05) is 42.5 Å². The van der Waals surface area contributed by atoms with E-state index in [1.165, 1.54) is 0 Å². The topological polar surface area (TPSA) is 29.5 Å². The minimum atomic E-state index is -0.476. The maximum atomic E-state index is 10.6. The molecule has 0 bridgehead atoms. The lowest BCUT2D eigenvalue weighted by Crippen LogP contribution is -2.01. The molecule has 0 heterocycles. The number of rotatable bonds is 5. The molecule has 0 saturated carbocycles. The summed E-state index contributed by atoms with van der Waals surface area (Å²) in [7, 11) is 1.68. The van der Waals surface area contributed by atoms with E-state index < -0.39 is 6.10 Å². The Kier molecular flexibility index (Phi) is 4.40. The summed E-state index contributed by atoms with van der Waals surface area (Å²) in [6, 6.07) is 22.2. The average Bonchev–Trinajstić information content (AvgIpc) is 2.59. The molecule has 2 nitrogen and oxygen atoms in total. The van der Waals surface area contributed by atoms with E-state index in [9.17, 15) is 5.11 Å². The largest absolute Gasteiger partial charge is 0.496 e. The number of methoxy groups -OCH3 is 1. The summed E-state index contributed by atoms with van der Waals surface area (Å²) in [5, 5.41) is 12.9. The SMILES string of the molecule is COc1ccccc1CC[C@H](O)c1cccc2ccccc12. The van der Waals surface area contributed by atoms with Gasteiger partial charge in [0.25, 0.3) is 0 Å². The number of aryl methyl sites for hydroxylation is 1. The first-order valence-electron chi connectivity index (χ1n) is 7.57. The summed E-state index contributed by atoms with van der Waals surface area (Å²) in [6.07, 6.45) is 0.985. The van der Waals surface area contributed by atoms with Crippen LogP contribution in [-0.2, 0) is 6.42 Å². The van der Waals surface area contributed by atoms with E-state index >= 15 is 0 Å². The molecular weight excluding hydrogens is 272 g/mol. The van der Waals surface area contributed by atoms with Crippen molar-refractivity contribution in [2.24, 2.45) is 0 Å². The summed E-state index contributed by atoms with van der Waals surface area (Å²) >= 11 is 0. The molecule has 0 amide bonds. The van der Waals surface area contributed by atoms with Crippen LogP contribution in [0.4, 0.5) is 0 Å². The normalized spacial score (nSPS) is 12.3. The number of hydrogen-bond donors (Lipinski definition) is 1. The maximum absolute atomic E-state index is 10.6. The molecule has 0 aromatic heterocycles. The molecule has 22 heavy (non-hydrogen) atoms. The van der Waals surface area contributed by atoms with Crippen LogP contribution in [0.2, 0.25) is 0 Å². The van der Waals surface area contributed by atoms with E-state index in [0.29, 0.717) is 6.42 Å². The number of aliphatic hydroxyl groups is 1. The van der Waals surface area contributed by atoms with Crippen molar-refractivity contribution in [3.8, 4) is 5.75 Å². The van der Waals surface area contributed by atoms with Crippen LogP contribution in [0.3, 0.4) is 0 Å². The van der Waals surface area contributed by atoms with Crippen molar-refractivity contribution in [3.63, 3.8) is 0 Å². The Morgan fingerprint density at radius 2 is 1.64 bits per heavy atom. The van der Waals surface area contributed by atoms with Gasteiger partial charge in [0.2, 0.25) is 0 Å². The molecule has 3 aromatic carbocycles. The number of aliphatic hydroxyl groups excluding tert-OH is 1. The predicted octanol–water partition coefficient (Wildman–Crippen LogP) is 4.51. The summed E-state index contributed by atoms with van der Waals surface area (Å²) in [5.74, 6) is 0.882. The Morgan fingerprint density at radius 1 is 0.909 bits per heavy atom. The van der Waals surface area contributed by atoms with Gasteiger partial charge < -0.3 is 9.84 Å². The molecule has 2 heteroatoms. The van der Waals surface area contributed by atoms with Gasteiger partial charge in [0.15, 0.2) is 0 Å². The van der Waals surface area contributed by atoms with E-state index in [-0.39, 0.29) is 0 Å². The van der Waals surface area contributed by atoms with Crippen molar-refractivity contribution >= 4 is 10.8 Å². The van der Waals surface area contributed by atoms with Gasteiger partial charge in [-0.25, -0.2) is 0 Å². The summed E-state index contributed by atoms with van der Waals surface area (Å²) in [6.45, 7) is 0. The standard InChI is InChI=1S/C20H20O2/c1-22-20-12-5-3-8-16(20)13-14-19(21)18-11-6-9-15-7-2-4-10-17(15)18/h2-12,19,21H,13-14H2,1H3/t19-/m0/s1. The Labute approximate surface area is 131 Å². The van der Waals surface area contributed by atoms with Gasteiger partial charge in [-0.1, -0.05) is 60.7 Å². The Morgan fingerprint density at radius 3 is 2.50 bits per heavy atom. The van der Waals surface area contributed by atoms with Crippen molar-refractivity contribution in [3.05, 3.63) is 77.9 Å². The molecule has 0 radical (unpaired) electrons. The third-order valence-corrected chi connectivity index (χ3v) is 4.06. The Hall–Kier alpha value is -2.32. The highest BCUT2D eigenvalue weighted by Crippen LogP contribution is 2.28. The third-order valence-electron chi connectivity index (χ3n) is 4.06. The van der Waals surface area contributed by atoms with E-state index in [1.54, 1.807) is 7.11 Å². The summed E-state index contributed by atoms with van der Waals surface area (Å²) in [4.78, 5) is 0. The van der Waals surface area contributed by atoms with Crippen LogP contribution in [0.15, 0.2) is 66.7 Å². The van der Waals surface area contributed by atoms with Gasteiger partial charge in [0.1, 0.15) is 5.75 Å². The van der Waals surface area contributed by atoms with Gasteiger partial charge in [-0.05, 0) is 40.8 Å². The fourth-order valence-corrected chi connectivity index (χ4v) is 2.90. The molecule has 0 aliphatic rings. The van der Waals surface area contributed by atoms with Gasteiger partial charge in [-0.2, -0.15) is 0 Å². The molecule has 0 unspecified atom stereocenters. The summed E-state index contributed by atoms with van der Waals surface area (Å²) in [5.41, 5.74) is 2.12. The lowest BCUT2D eigenvalue weighted by atomic mass is 9.96. The molecule has 1 N–H and O–H groups in total. The number of fused-ring (bicyclic) bond motifs is 1.